The van der Waals surface area contributed by atoms with Crippen molar-refractivity contribution in [2.24, 2.45) is 4.30 Å². The molecule has 0 spiro atoms. The zero-order valence-electron chi connectivity index (χ0n) is 17.1. The SMILES string of the molecule is Nc1c(Br)cc2c(oc3ccccc32)c1Br.Nc1ccc2c(c1)oc1ccccc12.[B]=NS. The van der Waals surface area contributed by atoms with Crippen LogP contribution in [0.3, 0.4) is 0 Å². The minimum absolute atomic E-state index is 0.659. The number of rotatable bonds is 0. The first-order chi connectivity index (χ1) is 15.9. The number of fused-ring (bicyclic) bond motifs is 6. The predicted molar refractivity (Wildman–Crippen MR) is 149 cm³/mol. The quantitative estimate of drug-likeness (QED) is 0.0961. The molecule has 0 saturated carbocycles. The van der Waals surface area contributed by atoms with E-state index >= 15 is 0 Å². The molecule has 0 fully saturated rings. The third-order valence-electron chi connectivity index (χ3n) is 5.00. The fraction of sp³-hybridized carbons (Fsp3) is 0. The molecule has 0 saturated heterocycles. The van der Waals surface area contributed by atoms with Gasteiger partial charge < -0.3 is 20.3 Å². The van der Waals surface area contributed by atoms with Gasteiger partial charge in [0, 0.05) is 37.8 Å². The second kappa shape index (κ2) is 10.0. The van der Waals surface area contributed by atoms with Gasteiger partial charge in [-0.3, -0.25) is 0 Å². The van der Waals surface area contributed by atoms with Gasteiger partial charge in [0.25, 0.3) is 0 Å². The fourth-order valence-corrected chi connectivity index (χ4v) is 4.75. The molecular weight excluding hydrogens is 565 g/mol. The second-order valence-electron chi connectivity index (χ2n) is 7.03. The molecule has 0 atom stereocenters. The zero-order chi connectivity index (χ0) is 23.5. The standard InChI is InChI=1S/C12H7Br2NO.C12H9NO.BHNS/c13-8-5-7-6-3-1-2-4-9(6)16-12(7)10(14)11(8)15;13-8-5-6-10-9-3-1-2-4-11(9)14-12(10)7-8;1-2-3/h1-5H,15H2;1-7H,13H2;3H. The Labute approximate surface area is 213 Å². The van der Waals surface area contributed by atoms with Crippen LogP contribution in [0.1, 0.15) is 0 Å². The van der Waals surface area contributed by atoms with Crippen molar-refractivity contribution in [3.05, 3.63) is 81.7 Å². The third-order valence-corrected chi connectivity index (χ3v) is 6.44. The van der Waals surface area contributed by atoms with Crippen LogP contribution >= 0.6 is 44.7 Å². The van der Waals surface area contributed by atoms with Gasteiger partial charge in [0.1, 0.15) is 16.7 Å². The average molecular weight is 582 g/mol. The topological polar surface area (TPSA) is 90.7 Å². The van der Waals surface area contributed by atoms with Gasteiger partial charge in [-0.25, -0.2) is 0 Å². The van der Waals surface area contributed by atoms with E-state index in [1.54, 1.807) is 0 Å². The van der Waals surface area contributed by atoms with Crippen LogP contribution in [0.15, 0.2) is 94.9 Å². The Balaban J connectivity index is 0.000000142. The maximum atomic E-state index is 5.92. The Bertz CT molecular complexity index is 1610. The molecule has 6 rings (SSSR count). The van der Waals surface area contributed by atoms with Crippen LogP contribution in [0, 0.1) is 0 Å². The molecule has 0 aliphatic carbocycles. The van der Waals surface area contributed by atoms with E-state index in [-0.39, 0.29) is 0 Å². The number of hydrogen-bond acceptors (Lipinski definition) is 6. The number of benzene rings is 4. The van der Waals surface area contributed by atoms with Crippen molar-refractivity contribution in [2.75, 3.05) is 11.5 Å². The van der Waals surface area contributed by atoms with E-state index in [9.17, 15) is 0 Å². The van der Waals surface area contributed by atoms with Gasteiger partial charge in [0.15, 0.2) is 5.58 Å². The molecule has 2 aromatic heterocycles. The summed E-state index contributed by atoms with van der Waals surface area (Å²) in [6, 6.07) is 23.7. The van der Waals surface area contributed by atoms with Crippen LogP contribution in [0.5, 0.6) is 0 Å². The first-order valence-electron chi connectivity index (χ1n) is 9.70. The summed E-state index contributed by atoms with van der Waals surface area (Å²) in [5, 5.41) is 4.42. The molecule has 33 heavy (non-hydrogen) atoms. The molecular formula is C24H17BBr2N3O2S. The Hall–Kier alpha value is -2.75. The summed E-state index contributed by atoms with van der Waals surface area (Å²) >= 11 is 10.1. The molecule has 0 bridgehead atoms. The van der Waals surface area contributed by atoms with E-state index in [1.165, 1.54) is 0 Å². The summed E-state index contributed by atoms with van der Waals surface area (Å²) in [5.41, 5.74) is 16.4. The Morgan fingerprint density at radius 1 is 0.727 bits per heavy atom. The van der Waals surface area contributed by atoms with Gasteiger partial charge >= 0.3 is 24.8 Å². The van der Waals surface area contributed by atoms with Crippen molar-refractivity contribution in [2.45, 2.75) is 0 Å². The molecule has 0 aliphatic heterocycles. The number of para-hydroxylation sites is 2. The molecule has 2 heterocycles. The van der Waals surface area contributed by atoms with Crippen LogP contribution in [-0.2, 0) is 0 Å². The molecule has 4 aromatic carbocycles. The summed E-state index contributed by atoms with van der Waals surface area (Å²) in [7, 11) is 4.34. The van der Waals surface area contributed by atoms with Crippen LogP contribution in [0.4, 0.5) is 11.4 Å². The van der Waals surface area contributed by atoms with Gasteiger partial charge in [-0.2, -0.15) is 0 Å². The number of thiol groups is 1. The second-order valence-corrected chi connectivity index (χ2v) is 8.91. The Morgan fingerprint density at radius 3 is 1.94 bits per heavy atom. The molecule has 5 nitrogen and oxygen atoms in total. The first-order valence-corrected chi connectivity index (χ1v) is 11.7. The zero-order valence-corrected chi connectivity index (χ0v) is 21.2. The van der Waals surface area contributed by atoms with Crippen LogP contribution in [0.2, 0.25) is 0 Å². The van der Waals surface area contributed by atoms with Crippen LogP contribution in [0.25, 0.3) is 43.9 Å². The number of nitrogens with two attached hydrogens (primary N) is 2. The Kier molecular flexibility index (Phi) is 7.12. The van der Waals surface area contributed by atoms with Crippen molar-refractivity contribution in [1.29, 1.82) is 0 Å². The van der Waals surface area contributed by atoms with Crippen molar-refractivity contribution >= 4 is 108 Å². The number of hydrogen-bond donors (Lipinski definition) is 3. The average Bonchev–Trinajstić information content (AvgIpc) is 3.36. The Morgan fingerprint density at radius 2 is 1.27 bits per heavy atom. The number of halogens is 2. The summed E-state index contributed by atoms with van der Waals surface area (Å²) in [6.45, 7) is 0. The van der Waals surface area contributed by atoms with Crippen LogP contribution < -0.4 is 11.5 Å². The summed E-state index contributed by atoms with van der Waals surface area (Å²) < 4.78 is 15.8. The fourth-order valence-electron chi connectivity index (χ4n) is 3.55. The van der Waals surface area contributed by atoms with Gasteiger partial charge in [-0.15, -0.1) is 0 Å². The summed E-state index contributed by atoms with van der Waals surface area (Å²) in [4.78, 5) is 0. The van der Waals surface area contributed by atoms with Crippen molar-refractivity contribution < 1.29 is 8.83 Å². The summed E-state index contributed by atoms with van der Waals surface area (Å²) in [6.07, 6.45) is 0. The minimum atomic E-state index is 0.659. The van der Waals surface area contributed by atoms with Gasteiger partial charge in [0.2, 0.25) is 0 Å². The monoisotopic (exact) mass is 580 g/mol. The number of furan rings is 2. The summed E-state index contributed by atoms with van der Waals surface area (Å²) in [5.74, 6) is 0. The molecule has 6 aromatic rings. The number of anilines is 2. The van der Waals surface area contributed by atoms with E-state index in [4.69, 9.17) is 20.3 Å². The van der Waals surface area contributed by atoms with E-state index in [0.717, 1.165) is 58.5 Å². The van der Waals surface area contributed by atoms with E-state index in [2.05, 4.69) is 62.7 Å². The van der Waals surface area contributed by atoms with Gasteiger partial charge in [-0.05, 0) is 62.2 Å². The maximum absolute atomic E-state index is 5.92. The van der Waals surface area contributed by atoms with E-state index < -0.39 is 0 Å². The number of nitrogens with zero attached hydrogens (tertiary/aromatic N) is 1. The van der Waals surface area contributed by atoms with E-state index in [0.29, 0.717) is 5.69 Å². The molecule has 9 heteroatoms. The molecule has 0 amide bonds. The molecule has 0 aliphatic rings. The van der Waals surface area contributed by atoms with Gasteiger partial charge in [-0.1, -0.05) is 36.4 Å². The first kappa shape index (κ1) is 23.4. The number of nitrogen functional groups attached to an aromatic ring is 2. The van der Waals surface area contributed by atoms with E-state index in [1.807, 2.05) is 66.7 Å². The van der Waals surface area contributed by atoms with Crippen molar-refractivity contribution in [3.63, 3.8) is 0 Å². The van der Waals surface area contributed by atoms with Crippen molar-refractivity contribution in [1.82, 2.24) is 0 Å². The molecule has 4 N–H and O–H groups in total. The van der Waals surface area contributed by atoms with Crippen LogP contribution in [-0.4, -0.2) is 7.64 Å². The third kappa shape index (κ3) is 4.66. The molecule has 163 valence electrons. The predicted octanol–water partition coefficient (Wildman–Crippen LogP) is 8.04. The van der Waals surface area contributed by atoms with Gasteiger partial charge in [0.05, 0.1) is 10.2 Å². The normalized spacial score (nSPS) is 10.6. The van der Waals surface area contributed by atoms with Crippen molar-refractivity contribution in [3.8, 4) is 0 Å². The molecule has 1 radical (unpaired) electrons. The molecule has 0 unspecified atom stereocenters.